The van der Waals surface area contributed by atoms with Crippen molar-refractivity contribution in [3.8, 4) is 5.75 Å². The van der Waals surface area contributed by atoms with Crippen molar-refractivity contribution in [2.45, 2.75) is 38.5 Å². The number of furan rings is 1. The Morgan fingerprint density at radius 1 is 1.10 bits per heavy atom. The molecular formula is C24H27NO5S. The van der Waals surface area contributed by atoms with Gasteiger partial charge in [-0.1, -0.05) is 24.3 Å². The molecule has 31 heavy (non-hydrogen) atoms. The Morgan fingerprint density at radius 2 is 1.81 bits per heavy atom. The van der Waals surface area contributed by atoms with Crippen LogP contribution in [-0.2, 0) is 15.6 Å². The second-order valence-corrected chi connectivity index (χ2v) is 10.5. The molecule has 0 bridgehead atoms. The maximum atomic E-state index is 13.2. The van der Waals surface area contributed by atoms with Crippen molar-refractivity contribution < 1.29 is 22.4 Å². The Labute approximate surface area is 182 Å². The van der Waals surface area contributed by atoms with E-state index in [1.807, 2.05) is 24.3 Å². The number of carbonyl (C=O) groups is 1. The number of aryl methyl sites for hydroxylation is 2. The summed E-state index contributed by atoms with van der Waals surface area (Å²) in [5, 5.41) is 0.671. The summed E-state index contributed by atoms with van der Waals surface area (Å²) in [6, 6.07) is 13.2. The summed E-state index contributed by atoms with van der Waals surface area (Å²) in [5.74, 6) is 0.484. The molecule has 1 aliphatic rings. The van der Waals surface area contributed by atoms with Gasteiger partial charge in [-0.25, -0.2) is 8.42 Å². The van der Waals surface area contributed by atoms with Gasteiger partial charge in [0, 0.05) is 43.1 Å². The molecule has 164 valence electrons. The molecule has 4 rings (SSSR count). The van der Waals surface area contributed by atoms with Gasteiger partial charge in [0.2, 0.25) is 0 Å². The highest BCUT2D eigenvalue weighted by Gasteiger charge is 2.30. The van der Waals surface area contributed by atoms with Gasteiger partial charge >= 0.3 is 0 Å². The van der Waals surface area contributed by atoms with Gasteiger partial charge < -0.3 is 14.1 Å². The molecule has 1 fully saturated rings. The highest BCUT2D eigenvalue weighted by atomic mass is 32.2. The summed E-state index contributed by atoms with van der Waals surface area (Å²) in [6.45, 7) is 5.19. The Hall–Kier alpha value is -2.80. The maximum Gasteiger partial charge on any atom is 0.289 e. The number of ether oxygens (including phenoxy) is 1. The van der Waals surface area contributed by atoms with E-state index < -0.39 is 9.84 Å². The fraction of sp³-hybridized carbons (Fsp3) is 0.375. The number of likely N-dealkylation sites (tertiary alicyclic amines) is 1. The average Bonchev–Trinajstić information content (AvgIpc) is 3.08. The summed E-state index contributed by atoms with van der Waals surface area (Å²) < 4.78 is 35.9. The van der Waals surface area contributed by atoms with Gasteiger partial charge in [-0.2, -0.15) is 0 Å². The third-order valence-electron chi connectivity index (χ3n) is 5.81. The molecule has 1 saturated heterocycles. The number of sulfone groups is 1. The molecule has 2 heterocycles. The van der Waals surface area contributed by atoms with Gasteiger partial charge in [0.1, 0.15) is 17.4 Å². The lowest BCUT2D eigenvalue weighted by Gasteiger charge is -2.32. The van der Waals surface area contributed by atoms with Crippen LogP contribution in [-0.4, -0.2) is 44.7 Å². The smallest absolute Gasteiger partial charge is 0.289 e. The molecule has 1 aliphatic heterocycles. The number of hydrogen-bond donors (Lipinski definition) is 0. The number of piperidine rings is 1. The minimum absolute atomic E-state index is 0.0392. The SMILES string of the molecule is Cc1ccc(OC2CCN(C(=O)c3oc4ccccc4c3CS(C)(=O)=O)CC2)cc1C. The lowest BCUT2D eigenvalue weighted by Crippen LogP contribution is -2.42. The molecule has 0 unspecified atom stereocenters. The molecule has 0 atom stereocenters. The molecule has 0 spiro atoms. The van der Waals surface area contributed by atoms with Crippen LogP contribution in [0.15, 0.2) is 46.9 Å². The standard InChI is InChI=1S/C24H27NO5S/c1-16-8-9-19(14-17(16)2)29-18-10-12-25(13-11-18)24(26)23-21(15-31(3,27)28)20-6-4-5-7-22(20)30-23/h4-9,14,18H,10-13,15H2,1-3H3. The maximum absolute atomic E-state index is 13.2. The normalized spacial score (nSPS) is 15.4. The first-order chi connectivity index (χ1) is 14.7. The number of fused-ring (bicyclic) bond motifs is 1. The highest BCUT2D eigenvalue weighted by molar-refractivity contribution is 7.89. The van der Waals surface area contributed by atoms with Gasteiger partial charge in [0.05, 0.1) is 5.75 Å². The van der Waals surface area contributed by atoms with E-state index in [1.165, 1.54) is 17.4 Å². The van der Waals surface area contributed by atoms with E-state index in [2.05, 4.69) is 13.8 Å². The zero-order chi connectivity index (χ0) is 22.2. The third kappa shape index (κ3) is 4.77. The molecule has 1 aromatic heterocycles. The quantitative estimate of drug-likeness (QED) is 0.591. The lowest BCUT2D eigenvalue weighted by atomic mass is 10.1. The molecule has 2 aromatic carbocycles. The number of carbonyl (C=O) groups excluding carboxylic acids is 1. The van der Waals surface area contributed by atoms with Crippen LogP contribution in [0.3, 0.4) is 0 Å². The fourth-order valence-electron chi connectivity index (χ4n) is 3.98. The van der Waals surface area contributed by atoms with Crippen molar-refractivity contribution in [2.24, 2.45) is 0 Å². The first kappa shape index (κ1) is 21.4. The van der Waals surface area contributed by atoms with Crippen LogP contribution in [0, 0.1) is 13.8 Å². The Morgan fingerprint density at radius 3 is 2.48 bits per heavy atom. The van der Waals surface area contributed by atoms with E-state index in [4.69, 9.17) is 9.15 Å². The van der Waals surface area contributed by atoms with Crippen LogP contribution in [0.2, 0.25) is 0 Å². The molecule has 1 amide bonds. The number of hydrogen-bond acceptors (Lipinski definition) is 5. The van der Waals surface area contributed by atoms with Crippen molar-refractivity contribution >= 4 is 26.7 Å². The fourth-order valence-corrected chi connectivity index (χ4v) is 4.79. The predicted octanol–water partition coefficient (Wildman–Crippen LogP) is 4.28. The molecule has 6 nitrogen and oxygen atoms in total. The number of nitrogens with zero attached hydrogens (tertiary/aromatic N) is 1. The Balaban J connectivity index is 1.49. The zero-order valence-corrected chi connectivity index (χ0v) is 18.9. The van der Waals surface area contributed by atoms with E-state index in [-0.39, 0.29) is 23.5 Å². The largest absolute Gasteiger partial charge is 0.490 e. The zero-order valence-electron chi connectivity index (χ0n) is 18.1. The van der Waals surface area contributed by atoms with Crippen LogP contribution in [0.1, 0.15) is 40.1 Å². The van der Waals surface area contributed by atoms with Gasteiger partial charge in [0.15, 0.2) is 15.6 Å². The van der Waals surface area contributed by atoms with Gasteiger partial charge in [-0.15, -0.1) is 0 Å². The van der Waals surface area contributed by atoms with Crippen LogP contribution in [0.4, 0.5) is 0 Å². The molecule has 0 N–H and O–H groups in total. The van der Waals surface area contributed by atoms with Crippen LogP contribution in [0.25, 0.3) is 11.0 Å². The van der Waals surface area contributed by atoms with E-state index >= 15 is 0 Å². The van der Waals surface area contributed by atoms with E-state index in [0.29, 0.717) is 42.5 Å². The van der Waals surface area contributed by atoms with Gasteiger partial charge in [-0.3, -0.25) is 4.79 Å². The summed E-state index contributed by atoms with van der Waals surface area (Å²) in [7, 11) is -3.33. The van der Waals surface area contributed by atoms with Crippen molar-refractivity contribution in [3.63, 3.8) is 0 Å². The van der Waals surface area contributed by atoms with Crippen LogP contribution in [0.5, 0.6) is 5.75 Å². The number of amides is 1. The summed E-state index contributed by atoms with van der Waals surface area (Å²) >= 11 is 0. The van der Waals surface area contributed by atoms with Crippen molar-refractivity contribution in [1.29, 1.82) is 0 Å². The minimum Gasteiger partial charge on any atom is -0.490 e. The highest BCUT2D eigenvalue weighted by Crippen LogP contribution is 2.30. The average molecular weight is 442 g/mol. The first-order valence-electron chi connectivity index (χ1n) is 10.4. The first-order valence-corrected chi connectivity index (χ1v) is 12.5. The number of rotatable bonds is 5. The molecular weight excluding hydrogens is 414 g/mol. The molecule has 0 saturated carbocycles. The predicted molar refractivity (Wildman–Crippen MR) is 120 cm³/mol. The van der Waals surface area contributed by atoms with Crippen molar-refractivity contribution in [2.75, 3.05) is 19.3 Å². The topological polar surface area (TPSA) is 76.8 Å². The monoisotopic (exact) mass is 441 g/mol. The van der Waals surface area contributed by atoms with Crippen LogP contribution >= 0.6 is 0 Å². The Bertz CT molecular complexity index is 1220. The molecule has 7 heteroatoms. The summed E-state index contributed by atoms with van der Waals surface area (Å²) in [5.41, 5.74) is 3.38. The summed E-state index contributed by atoms with van der Waals surface area (Å²) in [4.78, 5) is 14.9. The van der Waals surface area contributed by atoms with Crippen molar-refractivity contribution in [3.05, 3.63) is 64.9 Å². The number of para-hydroxylation sites is 1. The molecule has 0 aliphatic carbocycles. The van der Waals surface area contributed by atoms with Gasteiger partial charge in [-0.05, 0) is 43.2 Å². The van der Waals surface area contributed by atoms with Crippen LogP contribution < -0.4 is 4.74 Å². The number of benzene rings is 2. The van der Waals surface area contributed by atoms with Gasteiger partial charge in [0.25, 0.3) is 5.91 Å². The lowest BCUT2D eigenvalue weighted by molar-refractivity contribution is 0.0568. The molecule has 3 aromatic rings. The van der Waals surface area contributed by atoms with Crippen molar-refractivity contribution in [1.82, 2.24) is 4.90 Å². The van der Waals surface area contributed by atoms with E-state index in [1.54, 1.807) is 23.1 Å². The third-order valence-corrected chi connectivity index (χ3v) is 6.62. The second-order valence-electron chi connectivity index (χ2n) is 8.33. The summed E-state index contributed by atoms with van der Waals surface area (Å²) in [6.07, 6.45) is 2.62. The molecule has 0 radical (unpaired) electrons. The van der Waals surface area contributed by atoms with E-state index in [9.17, 15) is 13.2 Å². The second kappa shape index (κ2) is 8.38. The Kier molecular flexibility index (Phi) is 5.79. The minimum atomic E-state index is -3.33. The van der Waals surface area contributed by atoms with E-state index in [0.717, 1.165) is 5.75 Å².